The van der Waals surface area contributed by atoms with E-state index in [1.54, 1.807) is 6.92 Å². The van der Waals surface area contributed by atoms with Gasteiger partial charge in [0.05, 0.1) is 18.6 Å². The molecule has 2 atom stereocenters. The molecule has 0 aromatic carbocycles. The first-order valence-electron chi connectivity index (χ1n) is 5.83. The fourth-order valence-electron chi connectivity index (χ4n) is 1.38. The molecule has 4 heteroatoms. The van der Waals surface area contributed by atoms with E-state index in [2.05, 4.69) is 0 Å². The van der Waals surface area contributed by atoms with Crippen molar-refractivity contribution in [1.29, 1.82) is 0 Å². The van der Waals surface area contributed by atoms with E-state index in [0.29, 0.717) is 12.8 Å². The molecule has 0 unspecified atom stereocenters. The van der Waals surface area contributed by atoms with Gasteiger partial charge in [0, 0.05) is 0 Å². The third kappa shape index (κ3) is 6.24. The largest absolute Gasteiger partial charge is 0.392 e. The van der Waals surface area contributed by atoms with Gasteiger partial charge in [-0.05, 0) is 32.3 Å². The summed E-state index contributed by atoms with van der Waals surface area (Å²) >= 11 is 0. The Morgan fingerprint density at radius 3 is 2.47 bits per heavy atom. The van der Waals surface area contributed by atoms with Crippen molar-refractivity contribution in [2.45, 2.75) is 39.7 Å². The molecule has 0 aliphatic heterocycles. The molecule has 4 nitrogen and oxygen atoms in total. The zero-order valence-corrected chi connectivity index (χ0v) is 10.8. The van der Waals surface area contributed by atoms with Gasteiger partial charge in [-0.3, -0.25) is 4.79 Å². The summed E-state index contributed by atoms with van der Waals surface area (Å²) in [4.78, 5) is 10.9. The second kappa shape index (κ2) is 8.03. The molecule has 0 spiro atoms. The second-order valence-electron chi connectivity index (χ2n) is 4.29. The predicted octanol–water partition coefficient (Wildman–Crippen LogP) is 1.13. The number of allylic oxidation sites excluding steroid dienone is 3. The molecule has 0 rings (SSSR count). The first kappa shape index (κ1) is 15.9. The Kier molecular flexibility index (Phi) is 7.50. The molecule has 0 aliphatic rings. The Labute approximate surface area is 103 Å². The molecule has 4 N–H and O–H groups in total. The fourth-order valence-corrected chi connectivity index (χ4v) is 1.38. The lowest BCUT2D eigenvalue weighted by Gasteiger charge is -2.16. The minimum atomic E-state index is -0.756. The molecule has 1 amide bonds. The van der Waals surface area contributed by atoms with Crippen LogP contribution < -0.4 is 5.73 Å². The quantitative estimate of drug-likeness (QED) is 0.584. The zero-order valence-electron chi connectivity index (χ0n) is 10.8. The van der Waals surface area contributed by atoms with Crippen LogP contribution in [0.2, 0.25) is 0 Å². The van der Waals surface area contributed by atoms with Crippen molar-refractivity contribution in [1.82, 2.24) is 0 Å². The first-order chi connectivity index (χ1) is 7.92. The Hall–Kier alpha value is -1.13. The maximum atomic E-state index is 10.9. The molecule has 0 aliphatic carbocycles. The molecule has 17 heavy (non-hydrogen) atoms. The lowest BCUT2D eigenvalue weighted by molar-refractivity contribution is -0.124. The van der Waals surface area contributed by atoms with Gasteiger partial charge in [-0.15, -0.1) is 0 Å². The lowest BCUT2D eigenvalue weighted by atomic mass is 9.97. The van der Waals surface area contributed by atoms with Gasteiger partial charge in [-0.2, -0.15) is 0 Å². The van der Waals surface area contributed by atoms with E-state index in [1.165, 1.54) is 0 Å². The van der Waals surface area contributed by atoms with Crippen molar-refractivity contribution in [3.8, 4) is 0 Å². The highest BCUT2D eigenvalue weighted by Crippen LogP contribution is 2.14. The number of carbonyl (C=O) groups excluding carboxylic acids is 1. The van der Waals surface area contributed by atoms with Crippen molar-refractivity contribution in [3.05, 3.63) is 23.3 Å². The van der Waals surface area contributed by atoms with E-state index in [-0.39, 0.29) is 6.61 Å². The Morgan fingerprint density at radius 2 is 2.06 bits per heavy atom. The molecule has 0 heterocycles. The van der Waals surface area contributed by atoms with Gasteiger partial charge >= 0.3 is 0 Å². The molecule has 98 valence electrons. The molecule has 0 aromatic rings. The van der Waals surface area contributed by atoms with Crippen molar-refractivity contribution in [3.63, 3.8) is 0 Å². The first-order valence-corrected chi connectivity index (χ1v) is 5.83. The van der Waals surface area contributed by atoms with Crippen LogP contribution in [0.15, 0.2) is 23.3 Å². The highest BCUT2D eigenvalue weighted by Gasteiger charge is 2.19. The van der Waals surface area contributed by atoms with E-state index in [0.717, 1.165) is 11.1 Å². The van der Waals surface area contributed by atoms with E-state index < -0.39 is 17.9 Å². The second-order valence-corrected chi connectivity index (χ2v) is 4.29. The molecule has 0 fully saturated rings. The van der Waals surface area contributed by atoms with Gasteiger partial charge in [-0.25, -0.2) is 0 Å². The number of aliphatic hydroxyl groups excluding tert-OH is 2. The van der Waals surface area contributed by atoms with Crippen LogP contribution in [0.5, 0.6) is 0 Å². The molecule has 0 radical (unpaired) electrons. The third-order valence-electron chi connectivity index (χ3n) is 2.88. The average molecular weight is 241 g/mol. The lowest BCUT2D eigenvalue weighted by Crippen LogP contribution is -2.31. The summed E-state index contributed by atoms with van der Waals surface area (Å²) in [5.74, 6) is -1.06. The SMILES string of the molecule is C/C=C(C)/C=C(\CO)CC[C@H](O)[C@@H](C)C(N)=O. The van der Waals surface area contributed by atoms with Crippen LogP contribution in [0.25, 0.3) is 0 Å². The van der Waals surface area contributed by atoms with Crippen LogP contribution in [-0.2, 0) is 4.79 Å². The summed E-state index contributed by atoms with van der Waals surface area (Å²) in [7, 11) is 0. The number of hydrogen-bond donors (Lipinski definition) is 3. The summed E-state index contributed by atoms with van der Waals surface area (Å²) in [6, 6.07) is 0. The number of rotatable bonds is 7. The van der Waals surface area contributed by atoms with Gasteiger partial charge in [0.15, 0.2) is 0 Å². The van der Waals surface area contributed by atoms with E-state index in [4.69, 9.17) is 10.8 Å². The summed E-state index contributed by atoms with van der Waals surface area (Å²) in [5, 5.41) is 18.9. The van der Waals surface area contributed by atoms with Gasteiger partial charge < -0.3 is 15.9 Å². The smallest absolute Gasteiger partial charge is 0.222 e. The van der Waals surface area contributed by atoms with Gasteiger partial charge in [-0.1, -0.05) is 24.6 Å². The Balaban J connectivity index is 4.34. The standard InChI is InChI=1S/C13H23NO3/c1-4-9(2)7-11(8-15)5-6-12(16)10(3)13(14)17/h4,7,10,12,15-16H,5-6,8H2,1-3H3,(H2,14,17)/b9-4+,11-7-/t10-,12+/m1/s1. The third-order valence-corrected chi connectivity index (χ3v) is 2.88. The normalized spacial score (nSPS) is 16.8. The molecule has 0 bridgehead atoms. The van der Waals surface area contributed by atoms with E-state index >= 15 is 0 Å². The molecule has 0 aromatic heterocycles. The van der Waals surface area contributed by atoms with Crippen molar-refractivity contribution >= 4 is 5.91 Å². The maximum Gasteiger partial charge on any atom is 0.222 e. The van der Waals surface area contributed by atoms with Gasteiger partial charge in [0.25, 0.3) is 0 Å². The number of carbonyl (C=O) groups is 1. The monoisotopic (exact) mass is 241 g/mol. The van der Waals surface area contributed by atoms with Gasteiger partial charge in [0.1, 0.15) is 0 Å². The average Bonchev–Trinajstić information content (AvgIpc) is 2.32. The van der Waals surface area contributed by atoms with Crippen LogP contribution in [0.3, 0.4) is 0 Å². The minimum absolute atomic E-state index is 0.0388. The Bertz CT molecular complexity index is 308. The highest BCUT2D eigenvalue weighted by molar-refractivity contribution is 5.76. The summed E-state index contributed by atoms with van der Waals surface area (Å²) in [6.45, 7) is 5.43. The fraction of sp³-hybridized carbons (Fsp3) is 0.615. The van der Waals surface area contributed by atoms with Crippen molar-refractivity contribution < 1.29 is 15.0 Å². The summed E-state index contributed by atoms with van der Waals surface area (Å²) in [6.07, 6.45) is 4.06. The summed E-state index contributed by atoms with van der Waals surface area (Å²) in [5.41, 5.74) is 7.01. The van der Waals surface area contributed by atoms with Crippen molar-refractivity contribution in [2.75, 3.05) is 6.61 Å². The highest BCUT2D eigenvalue weighted by atomic mass is 16.3. The van der Waals surface area contributed by atoms with E-state index in [9.17, 15) is 9.90 Å². The number of primary amides is 1. The predicted molar refractivity (Wildman–Crippen MR) is 68.2 cm³/mol. The minimum Gasteiger partial charge on any atom is -0.392 e. The van der Waals surface area contributed by atoms with Gasteiger partial charge in [0.2, 0.25) is 5.91 Å². The molecular weight excluding hydrogens is 218 g/mol. The maximum absolute atomic E-state index is 10.9. The zero-order chi connectivity index (χ0) is 13.4. The number of nitrogens with two attached hydrogens (primary N) is 1. The van der Waals surface area contributed by atoms with Crippen LogP contribution in [0.1, 0.15) is 33.6 Å². The molecule has 0 saturated carbocycles. The molecular formula is C13H23NO3. The Morgan fingerprint density at radius 1 is 1.47 bits per heavy atom. The van der Waals surface area contributed by atoms with E-state index in [1.807, 2.05) is 26.0 Å². The van der Waals surface area contributed by atoms with Crippen LogP contribution in [0.4, 0.5) is 0 Å². The summed E-state index contributed by atoms with van der Waals surface area (Å²) < 4.78 is 0. The number of aliphatic hydroxyl groups is 2. The number of hydrogen-bond acceptors (Lipinski definition) is 3. The topological polar surface area (TPSA) is 83.6 Å². The van der Waals surface area contributed by atoms with Crippen LogP contribution >= 0.6 is 0 Å². The van der Waals surface area contributed by atoms with Crippen LogP contribution in [-0.4, -0.2) is 28.8 Å². The molecule has 0 saturated heterocycles. The number of amides is 1. The van der Waals surface area contributed by atoms with Crippen molar-refractivity contribution in [2.24, 2.45) is 11.7 Å². The van der Waals surface area contributed by atoms with Crippen LogP contribution in [0, 0.1) is 5.92 Å².